The average Bonchev–Trinajstić information content (AvgIpc) is 3.34. The van der Waals surface area contributed by atoms with Crippen molar-refractivity contribution in [2.24, 2.45) is 7.05 Å². The summed E-state index contributed by atoms with van der Waals surface area (Å²) in [4.78, 5) is 5.50. The van der Waals surface area contributed by atoms with Gasteiger partial charge in [-0.15, -0.1) is 21.5 Å². The van der Waals surface area contributed by atoms with Gasteiger partial charge in [-0.25, -0.2) is 0 Å². The Morgan fingerprint density at radius 3 is 2.96 bits per heavy atom. The number of hydrogen-bond acceptors (Lipinski definition) is 8. The van der Waals surface area contributed by atoms with Crippen LogP contribution in [0, 0.1) is 0 Å². The number of thioether (sulfide) groups is 1. The molecule has 1 aromatic carbocycles. The number of nitrogens with zero attached hydrogens (tertiary/aromatic N) is 5. The van der Waals surface area contributed by atoms with Crippen molar-refractivity contribution >= 4 is 28.8 Å². The summed E-state index contributed by atoms with van der Waals surface area (Å²) in [6.07, 6.45) is 0. The standard InChI is InChI=1S/C16H14N6OS2/c1-22-14(12-6-3-7-24-12)19-20-16(22)25-9-13-18-15(23-21-13)10-4-2-5-11(17)8-10/h2-8H,9,17H2,1H3. The zero-order valence-electron chi connectivity index (χ0n) is 13.3. The topological polar surface area (TPSA) is 95.7 Å². The van der Waals surface area contributed by atoms with E-state index in [1.54, 1.807) is 17.4 Å². The summed E-state index contributed by atoms with van der Waals surface area (Å²) in [6, 6.07) is 11.4. The molecule has 0 aliphatic carbocycles. The number of rotatable bonds is 5. The van der Waals surface area contributed by atoms with E-state index in [2.05, 4.69) is 20.3 Å². The smallest absolute Gasteiger partial charge is 0.258 e. The van der Waals surface area contributed by atoms with Crippen molar-refractivity contribution in [2.45, 2.75) is 10.9 Å². The van der Waals surface area contributed by atoms with Gasteiger partial charge in [-0.05, 0) is 29.6 Å². The predicted octanol–water partition coefficient (Wildman–Crippen LogP) is 3.47. The lowest BCUT2D eigenvalue weighted by atomic mass is 10.2. The highest BCUT2D eigenvalue weighted by molar-refractivity contribution is 7.98. The minimum atomic E-state index is 0.458. The molecule has 0 amide bonds. The lowest BCUT2D eigenvalue weighted by Gasteiger charge is -2.00. The molecule has 4 rings (SSSR count). The number of anilines is 1. The van der Waals surface area contributed by atoms with Gasteiger partial charge in [-0.3, -0.25) is 0 Å². The largest absolute Gasteiger partial charge is 0.399 e. The van der Waals surface area contributed by atoms with Gasteiger partial charge < -0.3 is 14.8 Å². The van der Waals surface area contributed by atoms with Gasteiger partial charge in [0.1, 0.15) is 0 Å². The fourth-order valence-electron chi connectivity index (χ4n) is 2.29. The Balaban J connectivity index is 1.48. The van der Waals surface area contributed by atoms with Crippen molar-refractivity contribution in [2.75, 3.05) is 5.73 Å². The molecule has 4 aromatic rings. The van der Waals surface area contributed by atoms with Gasteiger partial charge in [0.05, 0.1) is 10.6 Å². The van der Waals surface area contributed by atoms with Crippen molar-refractivity contribution in [3.63, 3.8) is 0 Å². The van der Waals surface area contributed by atoms with Gasteiger partial charge in [-0.2, -0.15) is 4.98 Å². The Bertz CT molecular complexity index is 992. The lowest BCUT2D eigenvalue weighted by Crippen LogP contribution is -1.94. The molecule has 0 unspecified atom stereocenters. The first kappa shape index (κ1) is 15.9. The SMILES string of the molecule is Cn1c(SCc2noc(-c3cccc(N)c3)n2)nnc1-c1cccs1. The fraction of sp³-hybridized carbons (Fsp3) is 0.125. The molecule has 7 nitrogen and oxygen atoms in total. The van der Waals surface area contributed by atoms with Crippen LogP contribution in [0.4, 0.5) is 5.69 Å². The van der Waals surface area contributed by atoms with E-state index in [0.29, 0.717) is 23.2 Å². The van der Waals surface area contributed by atoms with Crippen LogP contribution in [0.3, 0.4) is 0 Å². The average molecular weight is 370 g/mol. The molecule has 0 aliphatic rings. The molecular weight excluding hydrogens is 356 g/mol. The Morgan fingerprint density at radius 2 is 2.16 bits per heavy atom. The number of benzene rings is 1. The molecule has 0 bridgehead atoms. The Kier molecular flexibility index (Phi) is 4.24. The molecule has 0 atom stereocenters. The fourth-order valence-corrected chi connectivity index (χ4v) is 3.79. The number of hydrogen-bond donors (Lipinski definition) is 1. The van der Waals surface area contributed by atoms with E-state index in [1.807, 2.05) is 47.3 Å². The lowest BCUT2D eigenvalue weighted by molar-refractivity contribution is 0.425. The normalized spacial score (nSPS) is 11.1. The minimum Gasteiger partial charge on any atom is -0.399 e. The summed E-state index contributed by atoms with van der Waals surface area (Å²) in [5, 5.41) is 15.3. The van der Waals surface area contributed by atoms with Gasteiger partial charge >= 0.3 is 0 Å². The predicted molar refractivity (Wildman–Crippen MR) is 98.0 cm³/mol. The Labute approximate surface area is 151 Å². The first-order valence-electron chi connectivity index (χ1n) is 7.45. The van der Waals surface area contributed by atoms with Crippen LogP contribution in [0.15, 0.2) is 51.5 Å². The highest BCUT2D eigenvalue weighted by Crippen LogP contribution is 2.28. The molecule has 126 valence electrons. The Hall–Kier alpha value is -2.65. The molecule has 0 aliphatic heterocycles. The summed E-state index contributed by atoms with van der Waals surface area (Å²) in [6.45, 7) is 0. The van der Waals surface area contributed by atoms with Crippen molar-refractivity contribution < 1.29 is 4.52 Å². The van der Waals surface area contributed by atoms with Gasteiger partial charge in [-0.1, -0.05) is 29.1 Å². The van der Waals surface area contributed by atoms with Gasteiger partial charge in [0.2, 0.25) is 0 Å². The van der Waals surface area contributed by atoms with Crippen molar-refractivity contribution in [3.05, 3.63) is 47.6 Å². The zero-order valence-corrected chi connectivity index (χ0v) is 14.9. The van der Waals surface area contributed by atoms with Crippen LogP contribution < -0.4 is 5.73 Å². The van der Waals surface area contributed by atoms with E-state index in [9.17, 15) is 0 Å². The summed E-state index contributed by atoms with van der Waals surface area (Å²) in [5.74, 6) is 2.46. The number of nitrogen functional groups attached to an aromatic ring is 1. The summed E-state index contributed by atoms with van der Waals surface area (Å²) in [7, 11) is 1.95. The molecule has 0 spiro atoms. The third-order valence-corrected chi connectivity index (χ3v) is 5.39. The van der Waals surface area contributed by atoms with Gasteiger partial charge in [0, 0.05) is 18.3 Å². The molecule has 3 aromatic heterocycles. The third kappa shape index (κ3) is 3.28. The van der Waals surface area contributed by atoms with Crippen molar-refractivity contribution in [1.29, 1.82) is 0 Å². The van der Waals surface area contributed by atoms with E-state index in [4.69, 9.17) is 10.3 Å². The highest BCUT2D eigenvalue weighted by atomic mass is 32.2. The summed E-state index contributed by atoms with van der Waals surface area (Å²) >= 11 is 3.15. The van der Waals surface area contributed by atoms with Crippen LogP contribution in [0.25, 0.3) is 22.2 Å². The van der Waals surface area contributed by atoms with Gasteiger partial charge in [0.15, 0.2) is 16.8 Å². The molecule has 3 heterocycles. The molecule has 2 N–H and O–H groups in total. The minimum absolute atomic E-state index is 0.458. The quantitative estimate of drug-likeness (QED) is 0.424. The molecule has 0 saturated carbocycles. The van der Waals surface area contributed by atoms with Crippen LogP contribution in [0.5, 0.6) is 0 Å². The van der Waals surface area contributed by atoms with E-state index in [0.717, 1.165) is 21.4 Å². The number of nitrogens with two attached hydrogens (primary N) is 1. The second-order valence-corrected chi connectivity index (χ2v) is 7.16. The van der Waals surface area contributed by atoms with E-state index >= 15 is 0 Å². The molecule has 0 fully saturated rings. The highest BCUT2D eigenvalue weighted by Gasteiger charge is 2.14. The first-order valence-corrected chi connectivity index (χ1v) is 9.32. The number of aromatic nitrogens is 5. The molecule has 0 radical (unpaired) electrons. The van der Waals surface area contributed by atoms with Crippen LogP contribution in [0.1, 0.15) is 5.82 Å². The zero-order chi connectivity index (χ0) is 17.2. The second-order valence-electron chi connectivity index (χ2n) is 5.27. The van der Waals surface area contributed by atoms with Crippen LogP contribution in [0.2, 0.25) is 0 Å². The van der Waals surface area contributed by atoms with Crippen LogP contribution in [-0.4, -0.2) is 24.9 Å². The molecule has 9 heteroatoms. The monoisotopic (exact) mass is 370 g/mol. The maximum absolute atomic E-state index is 5.79. The first-order chi connectivity index (χ1) is 12.2. The maximum Gasteiger partial charge on any atom is 0.258 e. The third-order valence-electron chi connectivity index (χ3n) is 3.51. The molecular formula is C16H14N6OS2. The van der Waals surface area contributed by atoms with Crippen LogP contribution >= 0.6 is 23.1 Å². The van der Waals surface area contributed by atoms with Crippen molar-refractivity contribution in [1.82, 2.24) is 24.9 Å². The van der Waals surface area contributed by atoms with Gasteiger partial charge in [0.25, 0.3) is 5.89 Å². The van der Waals surface area contributed by atoms with E-state index in [-0.39, 0.29) is 0 Å². The number of thiophene rings is 1. The second kappa shape index (κ2) is 6.69. The molecule has 0 saturated heterocycles. The summed E-state index contributed by atoms with van der Waals surface area (Å²) < 4.78 is 7.28. The maximum atomic E-state index is 5.79. The van der Waals surface area contributed by atoms with Crippen LogP contribution in [-0.2, 0) is 12.8 Å². The molecule has 25 heavy (non-hydrogen) atoms. The Morgan fingerprint density at radius 1 is 1.24 bits per heavy atom. The van der Waals surface area contributed by atoms with Crippen molar-refractivity contribution in [3.8, 4) is 22.2 Å². The summed E-state index contributed by atoms with van der Waals surface area (Å²) in [5.41, 5.74) is 7.25. The van der Waals surface area contributed by atoms with E-state index < -0.39 is 0 Å². The van der Waals surface area contributed by atoms with E-state index in [1.165, 1.54) is 11.8 Å².